The second-order valence-electron chi connectivity index (χ2n) is 4.45. The Kier molecular flexibility index (Phi) is 5.95. The van der Waals surface area contributed by atoms with Crippen LogP contribution in [0.4, 0.5) is 0 Å². The number of halogens is 1. The van der Waals surface area contributed by atoms with Crippen LogP contribution in [0.1, 0.15) is 13.8 Å². The third-order valence-electron chi connectivity index (χ3n) is 2.57. The largest absolute Gasteiger partial charge is 0.484 e. The van der Waals surface area contributed by atoms with E-state index < -0.39 is 0 Å². The fourth-order valence-corrected chi connectivity index (χ4v) is 1.32. The zero-order chi connectivity index (χ0) is 13.5. The number of ether oxygens (including phenoxy) is 1. The van der Waals surface area contributed by atoms with Gasteiger partial charge in [0.25, 0.3) is 5.91 Å². The van der Waals surface area contributed by atoms with Crippen molar-refractivity contribution in [2.24, 2.45) is 11.7 Å². The third-order valence-corrected chi connectivity index (χ3v) is 2.83. The molecule has 0 aliphatic rings. The average Bonchev–Trinajstić information content (AvgIpc) is 2.35. The molecular weight excluding hydrogens is 252 g/mol. The maximum absolute atomic E-state index is 11.5. The van der Waals surface area contributed by atoms with Crippen LogP contribution in [0.15, 0.2) is 24.3 Å². The molecular formula is C13H19ClN2O2. The second-order valence-corrected chi connectivity index (χ2v) is 4.89. The molecule has 0 fully saturated rings. The Hall–Kier alpha value is -1.26. The van der Waals surface area contributed by atoms with Gasteiger partial charge in [-0.1, -0.05) is 25.4 Å². The van der Waals surface area contributed by atoms with Crippen LogP contribution in [-0.4, -0.2) is 25.1 Å². The van der Waals surface area contributed by atoms with Gasteiger partial charge in [0.2, 0.25) is 0 Å². The number of benzene rings is 1. The Morgan fingerprint density at radius 2 is 2.00 bits per heavy atom. The lowest BCUT2D eigenvalue weighted by Crippen LogP contribution is -2.41. The van der Waals surface area contributed by atoms with Crippen molar-refractivity contribution in [1.82, 2.24) is 5.32 Å². The summed E-state index contributed by atoms with van der Waals surface area (Å²) in [5.41, 5.74) is 5.82. The number of hydrogen-bond donors (Lipinski definition) is 2. The molecule has 5 heteroatoms. The lowest BCUT2D eigenvalue weighted by atomic mass is 10.1. The van der Waals surface area contributed by atoms with Gasteiger partial charge in [0.15, 0.2) is 6.61 Å². The molecule has 0 spiro atoms. The van der Waals surface area contributed by atoms with Gasteiger partial charge < -0.3 is 15.8 Å². The van der Waals surface area contributed by atoms with E-state index in [4.69, 9.17) is 22.1 Å². The van der Waals surface area contributed by atoms with E-state index in [0.717, 1.165) is 0 Å². The van der Waals surface area contributed by atoms with Crippen LogP contribution in [0.2, 0.25) is 5.02 Å². The molecule has 18 heavy (non-hydrogen) atoms. The van der Waals surface area contributed by atoms with Gasteiger partial charge in [-0.15, -0.1) is 0 Å². The van der Waals surface area contributed by atoms with Gasteiger partial charge in [0.1, 0.15) is 5.75 Å². The van der Waals surface area contributed by atoms with E-state index in [9.17, 15) is 4.79 Å². The van der Waals surface area contributed by atoms with Gasteiger partial charge in [-0.2, -0.15) is 0 Å². The van der Waals surface area contributed by atoms with Crippen molar-refractivity contribution in [2.45, 2.75) is 19.9 Å². The highest BCUT2D eigenvalue weighted by Gasteiger charge is 2.09. The van der Waals surface area contributed by atoms with Crippen molar-refractivity contribution in [3.8, 4) is 5.75 Å². The van der Waals surface area contributed by atoms with Crippen molar-refractivity contribution >= 4 is 17.5 Å². The Morgan fingerprint density at radius 1 is 1.39 bits per heavy atom. The number of carbonyl (C=O) groups excluding carboxylic acids is 1. The highest BCUT2D eigenvalue weighted by molar-refractivity contribution is 6.30. The van der Waals surface area contributed by atoms with E-state index >= 15 is 0 Å². The van der Waals surface area contributed by atoms with Crippen LogP contribution in [0.3, 0.4) is 0 Å². The summed E-state index contributed by atoms with van der Waals surface area (Å²) in [6.07, 6.45) is 0. The molecule has 1 aromatic carbocycles. The average molecular weight is 271 g/mol. The molecule has 0 aromatic heterocycles. The molecule has 0 aliphatic carbocycles. The quantitative estimate of drug-likeness (QED) is 0.829. The molecule has 1 aromatic rings. The second kappa shape index (κ2) is 7.24. The topological polar surface area (TPSA) is 64.3 Å². The Labute approximate surface area is 112 Å². The molecule has 100 valence electrons. The predicted octanol–water partition coefficient (Wildman–Crippen LogP) is 1.82. The van der Waals surface area contributed by atoms with Crippen LogP contribution in [0.25, 0.3) is 0 Å². The zero-order valence-electron chi connectivity index (χ0n) is 10.7. The van der Waals surface area contributed by atoms with Crippen molar-refractivity contribution in [3.63, 3.8) is 0 Å². The van der Waals surface area contributed by atoms with Gasteiger partial charge in [0.05, 0.1) is 0 Å². The van der Waals surface area contributed by atoms with E-state index in [1.54, 1.807) is 24.3 Å². The number of nitrogens with one attached hydrogen (secondary N) is 1. The fraction of sp³-hybridized carbons (Fsp3) is 0.462. The standard InChI is InChI=1S/C13H19ClN2O2/c1-9(2)12(15)7-16-13(17)8-18-11-5-3-10(14)4-6-11/h3-6,9,12H,7-8,15H2,1-2H3,(H,16,17). The zero-order valence-corrected chi connectivity index (χ0v) is 11.4. The molecule has 3 N–H and O–H groups in total. The van der Waals surface area contributed by atoms with E-state index in [1.807, 2.05) is 13.8 Å². The normalized spacial score (nSPS) is 12.3. The van der Waals surface area contributed by atoms with E-state index in [1.165, 1.54) is 0 Å². The van der Waals surface area contributed by atoms with Crippen LogP contribution in [0, 0.1) is 5.92 Å². The Morgan fingerprint density at radius 3 is 2.56 bits per heavy atom. The number of hydrogen-bond acceptors (Lipinski definition) is 3. The Bertz CT molecular complexity index is 379. The van der Waals surface area contributed by atoms with E-state index in [2.05, 4.69) is 5.32 Å². The maximum Gasteiger partial charge on any atom is 0.257 e. The van der Waals surface area contributed by atoms with Gasteiger partial charge in [-0.3, -0.25) is 4.79 Å². The lowest BCUT2D eigenvalue weighted by molar-refractivity contribution is -0.123. The number of carbonyl (C=O) groups is 1. The van der Waals surface area contributed by atoms with Gasteiger partial charge in [-0.25, -0.2) is 0 Å². The highest BCUT2D eigenvalue weighted by atomic mass is 35.5. The Balaban J connectivity index is 2.27. The predicted molar refractivity (Wildman–Crippen MR) is 72.8 cm³/mol. The SMILES string of the molecule is CC(C)C(N)CNC(=O)COc1ccc(Cl)cc1. The molecule has 1 amide bonds. The number of nitrogens with two attached hydrogens (primary N) is 1. The molecule has 0 bridgehead atoms. The summed E-state index contributed by atoms with van der Waals surface area (Å²) in [4.78, 5) is 11.5. The smallest absolute Gasteiger partial charge is 0.257 e. The van der Waals surface area contributed by atoms with Crippen molar-refractivity contribution in [2.75, 3.05) is 13.2 Å². The minimum absolute atomic E-state index is 0.0214. The molecule has 0 aliphatic heterocycles. The number of amides is 1. The summed E-state index contributed by atoms with van der Waals surface area (Å²) < 4.78 is 5.30. The molecule has 4 nitrogen and oxygen atoms in total. The summed E-state index contributed by atoms with van der Waals surface area (Å²) in [7, 11) is 0. The first kappa shape index (κ1) is 14.8. The first-order valence-corrected chi connectivity index (χ1v) is 6.27. The van der Waals surface area contributed by atoms with Crippen LogP contribution in [-0.2, 0) is 4.79 Å². The van der Waals surface area contributed by atoms with Gasteiger partial charge >= 0.3 is 0 Å². The van der Waals surface area contributed by atoms with E-state index in [-0.39, 0.29) is 18.6 Å². The highest BCUT2D eigenvalue weighted by Crippen LogP contribution is 2.15. The van der Waals surface area contributed by atoms with Crippen molar-refractivity contribution < 1.29 is 9.53 Å². The number of rotatable bonds is 6. The summed E-state index contributed by atoms with van der Waals surface area (Å²) in [6, 6.07) is 6.82. The lowest BCUT2D eigenvalue weighted by Gasteiger charge is -2.16. The van der Waals surface area contributed by atoms with Crippen molar-refractivity contribution in [3.05, 3.63) is 29.3 Å². The first-order valence-electron chi connectivity index (χ1n) is 5.89. The minimum Gasteiger partial charge on any atom is -0.484 e. The van der Waals surface area contributed by atoms with Crippen molar-refractivity contribution in [1.29, 1.82) is 0 Å². The summed E-state index contributed by atoms with van der Waals surface area (Å²) >= 11 is 5.74. The maximum atomic E-state index is 11.5. The van der Waals surface area contributed by atoms with Gasteiger partial charge in [-0.05, 0) is 30.2 Å². The molecule has 0 heterocycles. The molecule has 0 radical (unpaired) electrons. The van der Waals surface area contributed by atoms with Crippen LogP contribution < -0.4 is 15.8 Å². The van der Waals surface area contributed by atoms with Gasteiger partial charge in [0, 0.05) is 17.6 Å². The third kappa shape index (κ3) is 5.38. The molecule has 0 saturated heterocycles. The minimum atomic E-state index is -0.180. The fourth-order valence-electron chi connectivity index (χ4n) is 1.20. The molecule has 1 atom stereocenters. The molecule has 1 unspecified atom stereocenters. The summed E-state index contributed by atoms with van der Waals surface area (Å²) in [6.45, 7) is 4.47. The summed E-state index contributed by atoms with van der Waals surface area (Å²) in [5, 5.41) is 3.36. The summed E-state index contributed by atoms with van der Waals surface area (Å²) in [5.74, 6) is 0.770. The monoisotopic (exact) mass is 270 g/mol. The molecule has 1 rings (SSSR count). The van der Waals surface area contributed by atoms with E-state index in [0.29, 0.717) is 23.2 Å². The van der Waals surface area contributed by atoms with Crippen LogP contribution in [0.5, 0.6) is 5.75 Å². The first-order chi connectivity index (χ1) is 8.49. The molecule has 0 saturated carbocycles. The van der Waals surface area contributed by atoms with Crippen LogP contribution >= 0.6 is 11.6 Å².